The van der Waals surface area contributed by atoms with Crippen molar-refractivity contribution in [1.29, 1.82) is 0 Å². The molecule has 3 amide bonds. The molecule has 0 atom stereocenters. The van der Waals surface area contributed by atoms with Crippen molar-refractivity contribution < 1.29 is 22.8 Å². The second-order valence-electron chi connectivity index (χ2n) is 8.55. The van der Waals surface area contributed by atoms with Crippen LogP contribution in [0.4, 0.5) is 11.4 Å². The topological polar surface area (TPSA) is 125 Å². The first-order valence-electron chi connectivity index (χ1n) is 11.1. The van der Waals surface area contributed by atoms with Crippen LogP contribution in [0.1, 0.15) is 37.3 Å². The van der Waals surface area contributed by atoms with Gasteiger partial charge in [-0.05, 0) is 68.1 Å². The van der Waals surface area contributed by atoms with Crippen molar-refractivity contribution in [3.63, 3.8) is 0 Å². The Kier molecular flexibility index (Phi) is 8.06. The van der Waals surface area contributed by atoms with E-state index in [9.17, 15) is 22.8 Å². The average Bonchev–Trinajstić information content (AvgIpc) is 3.58. The summed E-state index contributed by atoms with van der Waals surface area (Å²) in [5, 5.41) is 5.70. The number of hydrogen-bond donors (Lipinski definition) is 3. The minimum atomic E-state index is -3.93. The minimum Gasteiger partial charge on any atom is -0.326 e. The molecule has 1 aliphatic rings. The number of amides is 3. The maximum atomic E-state index is 12.6. The van der Waals surface area contributed by atoms with Gasteiger partial charge < -0.3 is 10.6 Å². The average molecular weight is 487 g/mol. The standard InChI is InChI=1S/C24H30N4O5S/c1-16-4-5-17(2)22(14-16)26-24(31)15-28(20-8-9-20)13-12-23(30)25-19-6-10-21(11-7-19)34(32,33)27-18(3)29/h4-7,10-11,14,20H,8-9,12-13,15H2,1-3H3,(H,25,30)(H,26,31)(H,27,29). The van der Waals surface area contributed by atoms with E-state index in [1.165, 1.54) is 24.3 Å². The van der Waals surface area contributed by atoms with E-state index in [1.54, 1.807) is 0 Å². The van der Waals surface area contributed by atoms with Gasteiger partial charge >= 0.3 is 0 Å². The Bertz CT molecular complexity index is 1170. The fourth-order valence-electron chi connectivity index (χ4n) is 3.51. The summed E-state index contributed by atoms with van der Waals surface area (Å²) in [6, 6.07) is 11.8. The van der Waals surface area contributed by atoms with Crippen molar-refractivity contribution in [2.45, 2.75) is 51.0 Å². The summed E-state index contributed by atoms with van der Waals surface area (Å²) < 4.78 is 25.9. The van der Waals surface area contributed by atoms with E-state index in [0.29, 0.717) is 18.3 Å². The van der Waals surface area contributed by atoms with Gasteiger partial charge in [0.25, 0.3) is 10.0 Å². The van der Waals surface area contributed by atoms with Crippen molar-refractivity contribution in [2.24, 2.45) is 0 Å². The molecule has 3 N–H and O–H groups in total. The van der Waals surface area contributed by atoms with Gasteiger partial charge in [0, 0.05) is 37.3 Å². The summed E-state index contributed by atoms with van der Waals surface area (Å²) in [7, 11) is -3.93. The first kappa shape index (κ1) is 25.4. The summed E-state index contributed by atoms with van der Waals surface area (Å²) in [6.07, 6.45) is 2.20. The molecule has 2 aromatic carbocycles. The maximum absolute atomic E-state index is 12.6. The first-order valence-corrected chi connectivity index (χ1v) is 12.6. The number of carbonyl (C=O) groups excluding carboxylic acids is 3. The third-order valence-electron chi connectivity index (χ3n) is 5.43. The van der Waals surface area contributed by atoms with Gasteiger partial charge in [-0.1, -0.05) is 12.1 Å². The first-order chi connectivity index (χ1) is 16.0. The second kappa shape index (κ2) is 10.8. The number of nitrogens with zero attached hydrogens (tertiary/aromatic N) is 1. The number of nitrogens with one attached hydrogen (secondary N) is 3. The Morgan fingerprint density at radius 1 is 0.971 bits per heavy atom. The predicted octanol–water partition coefficient (Wildman–Crippen LogP) is 2.56. The fourth-order valence-corrected chi connectivity index (χ4v) is 4.50. The SMILES string of the molecule is CC(=O)NS(=O)(=O)c1ccc(NC(=O)CCN(CC(=O)Nc2cc(C)ccc2C)C2CC2)cc1. The Labute approximate surface area is 200 Å². The molecule has 0 saturated heterocycles. The summed E-state index contributed by atoms with van der Waals surface area (Å²) in [5.74, 6) is -1.03. The van der Waals surface area contributed by atoms with E-state index in [0.717, 1.165) is 36.6 Å². The van der Waals surface area contributed by atoms with Crippen LogP contribution in [-0.2, 0) is 24.4 Å². The van der Waals surface area contributed by atoms with Gasteiger partial charge in [-0.2, -0.15) is 0 Å². The number of aryl methyl sites for hydroxylation is 2. The molecule has 2 aromatic rings. The number of sulfonamides is 1. The van der Waals surface area contributed by atoms with E-state index in [4.69, 9.17) is 0 Å². The van der Waals surface area contributed by atoms with Crippen LogP contribution in [0.5, 0.6) is 0 Å². The molecular formula is C24H30N4O5S. The van der Waals surface area contributed by atoms with E-state index in [2.05, 4.69) is 10.6 Å². The van der Waals surface area contributed by atoms with Gasteiger partial charge in [-0.25, -0.2) is 13.1 Å². The molecule has 3 rings (SSSR count). The van der Waals surface area contributed by atoms with Crippen molar-refractivity contribution in [1.82, 2.24) is 9.62 Å². The minimum absolute atomic E-state index is 0.0736. The number of hydrogen-bond acceptors (Lipinski definition) is 6. The van der Waals surface area contributed by atoms with Crippen LogP contribution in [0.2, 0.25) is 0 Å². The Morgan fingerprint density at radius 2 is 1.65 bits per heavy atom. The van der Waals surface area contributed by atoms with Gasteiger partial charge in [-0.3, -0.25) is 19.3 Å². The third kappa shape index (κ3) is 7.39. The van der Waals surface area contributed by atoms with Crippen molar-refractivity contribution in [3.05, 3.63) is 53.6 Å². The van der Waals surface area contributed by atoms with E-state index in [1.807, 2.05) is 41.7 Å². The molecule has 1 aliphatic carbocycles. The lowest BCUT2D eigenvalue weighted by atomic mass is 10.1. The molecule has 0 unspecified atom stereocenters. The molecule has 1 fully saturated rings. The third-order valence-corrected chi connectivity index (χ3v) is 6.88. The zero-order valence-corrected chi connectivity index (χ0v) is 20.4. The molecule has 0 heterocycles. The lowest BCUT2D eigenvalue weighted by Crippen LogP contribution is -2.37. The second-order valence-corrected chi connectivity index (χ2v) is 10.2. The summed E-state index contributed by atoms with van der Waals surface area (Å²) >= 11 is 0. The maximum Gasteiger partial charge on any atom is 0.264 e. The Balaban J connectivity index is 1.52. The van der Waals surface area contributed by atoms with E-state index in [-0.39, 0.29) is 29.7 Å². The quantitative estimate of drug-likeness (QED) is 0.474. The van der Waals surface area contributed by atoms with Gasteiger partial charge in [0.15, 0.2) is 0 Å². The molecule has 1 saturated carbocycles. The van der Waals surface area contributed by atoms with Crippen LogP contribution in [0, 0.1) is 13.8 Å². The molecule has 0 spiro atoms. The smallest absolute Gasteiger partial charge is 0.264 e. The molecule has 182 valence electrons. The molecule has 0 bridgehead atoms. The monoisotopic (exact) mass is 486 g/mol. The largest absolute Gasteiger partial charge is 0.326 e. The highest BCUT2D eigenvalue weighted by Gasteiger charge is 2.30. The van der Waals surface area contributed by atoms with Gasteiger partial charge in [0.05, 0.1) is 11.4 Å². The highest BCUT2D eigenvalue weighted by molar-refractivity contribution is 7.90. The highest BCUT2D eigenvalue weighted by Crippen LogP contribution is 2.27. The van der Waals surface area contributed by atoms with E-state index < -0.39 is 15.9 Å². The molecule has 0 radical (unpaired) electrons. The molecule has 0 aromatic heterocycles. The van der Waals surface area contributed by atoms with Crippen LogP contribution < -0.4 is 15.4 Å². The molecule has 34 heavy (non-hydrogen) atoms. The summed E-state index contributed by atoms with van der Waals surface area (Å²) in [5.41, 5.74) is 3.30. The molecule has 10 heteroatoms. The van der Waals surface area contributed by atoms with E-state index >= 15 is 0 Å². The van der Waals surface area contributed by atoms with Crippen molar-refractivity contribution >= 4 is 39.1 Å². The zero-order valence-electron chi connectivity index (χ0n) is 19.6. The zero-order chi connectivity index (χ0) is 24.9. The number of anilines is 2. The van der Waals surface area contributed by atoms with Crippen LogP contribution in [0.25, 0.3) is 0 Å². The van der Waals surface area contributed by atoms with Crippen LogP contribution in [-0.4, -0.2) is 50.2 Å². The van der Waals surface area contributed by atoms with Crippen LogP contribution in [0.3, 0.4) is 0 Å². The highest BCUT2D eigenvalue weighted by atomic mass is 32.2. The van der Waals surface area contributed by atoms with Crippen LogP contribution in [0.15, 0.2) is 47.4 Å². The predicted molar refractivity (Wildman–Crippen MR) is 130 cm³/mol. The fraction of sp³-hybridized carbons (Fsp3) is 0.375. The molecule has 9 nitrogen and oxygen atoms in total. The van der Waals surface area contributed by atoms with Gasteiger partial charge in [0.1, 0.15) is 0 Å². The normalized spacial score (nSPS) is 13.4. The number of benzene rings is 2. The number of carbonyl (C=O) groups is 3. The lowest BCUT2D eigenvalue weighted by molar-refractivity contribution is -0.119. The van der Waals surface area contributed by atoms with Crippen molar-refractivity contribution in [3.8, 4) is 0 Å². The number of rotatable bonds is 10. The van der Waals surface area contributed by atoms with Crippen molar-refractivity contribution in [2.75, 3.05) is 23.7 Å². The molecular weight excluding hydrogens is 456 g/mol. The summed E-state index contributed by atoms with van der Waals surface area (Å²) in [4.78, 5) is 38.0. The summed E-state index contributed by atoms with van der Waals surface area (Å²) in [6.45, 7) is 5.68. The lowest BCUT2D eigenvalue weighted by Gasteiger charge is -2.21. The van der Waals surface area contributed by atoms with Gasteiger partial charge in [0.2, 0.25) is 17.7 Å². The van der Waals surface area contributed by atoms with Crippen LogP contribution >= 0.6 is 0 Å². The van der Waals surface area contributed by atoms with Gasteiger partial charge in [-0.15, -0.1) is 0 Å². The Morgan fingerprint density at radius 3 is 2.26 bits per heavy atom. The Hall–Kier alpha value is -3.24. The molecule has 0 aliphatic heterocycles.